The molecule has 108 valence electrons. The average Bonchev–Trinajstić information content (AvgIpc) is 2.51. The highest BCUT2D eigenvalue weighted by molar-refractivity contribution is 6.32. The van der Waals surface area contributed by atoms with Gasteiger partial charge in [-0.15, -0.1) is 0 Å². The summed E-state index contributed by atoms with van der Waals surface area (Å²) < 4.78 is 5.63. The van der Waals surface area contributed by atoms with Crippen LogP contribution in [0.2, 0.25) is 10.0 Å². The van der Waals surface area contributed by atoms with Crippen molar-refractivity contribution in [3.8, 4) is 23.6 Å². The Kier molecular flexibility index (Phi) is 5.21. The van der Waals surface area contributed by atoms with Crippen LogP contribution in [0.1, 0.15) is 0 Å². The topological polar surface area (TPSA) is 81.2 Å². The Hall–Kier alpha value is -2.73. The fraction of sp³-hybridized carbons (Fsp3) is 0. The Bertz CT molecular complexity index is 790. The molecule has 2 aromatic rings. The van der Waals surface area contributed by atoms with E-state index in [9.17, 15) is 0 Å². The SMILES string of the molecule is N#CC(C#N)=NNc1ccc(Oc2cccc(Cl)c2)c(Cl)c1. The van der Waals surface area contributed by atoms with Gasteiger partial charge < -0.3 is 4.74 Å². The third-order valence-corrected chi connectivity index (χ3v) is 2.99. The maximum Gasteiger partial charge on any atom is 0.237 e. The molecule has 2 rings (SSSR count). The van der Waals surface area contributed by atoms with Gasteiger partial charge >= 0.3 is 0 Å². The molecule has 0 aliphatic rings. The molecule has 0 heterocycles. The second-order valence-corrected chi connectivity index (χ2v) is 4.84. The smallest absolute Gasteiger partial charge is 0.237 e. The van der Waals surface area contributed by atoms with E-state index in [1.165, 1.54) is 0 Å². The molecule has 0 aliphatic heterocycles. The molecule has 0 aliphatic carbocycles. The molecular formula is C15H8Cl2N4O. The largest absolute Gasteiger partial charge is 0.456 e. The lowest BCUT2D eigenvalue weighted by atomic mass is 10.3. The van der Waals surface area contributed by atoms with E-state index in [0.29, 0.717) is 27.2 Å². The summed E-state index contributed by atoms with van der Waals surface area (Å²) in [6, 6.07) is 15.1. The highest BCUT2D eigenvalue weighted by atomic mass is 35.5. The van der Waals surface area contributed by atoms with Gasteiger partial charge in [0.05, 0.1) is 10.7 Å². The zero-order valence-electron chi connectivity index (χ0n) is 11.0. The fourth-order valence-corrected chi connectivity index (χ4v) is 1.91. The van der Waals surface area contributed by atoms with E-state index in [4.69, 9.17) is 38.5 Å². The second kappa shape index (κ2) is 7.33. The molecule has 7 heteroatoms. The summed E-state index contributed by atoms with van der Waals surface area (Å²) in [5, 5.41) is 21.7. The van der Waals surface area contributed by atoms with Crippen molar-refractivity contribution >= 4 is 34.6 Å². The number of nitriles is 2. The van der Waals surface area contributed by atoms with Gasteiger partial charge in [0, 0.05) is 5.02 Å². The molecule has 0 bridgehead atoms. The van der Waals surface area contributed by atoms with Gasteiger partial charge in [0.1, 0.15) is 23.6 Å². The highest BCUT2D eigenvalue weighted by Crippen LogP contribution is 2.32. The summed E-state index contributed by atoms with van der Waals surface area (Å²) in [6.45, 7) is 0. The maximum absolute atomic E-state index is 8.59. The number of rotatable bonds is 4. The van der Waals surface area contributed by atoms with E-state index >= 15 is 0 Å². The number of nitrogens with zero attached hydrogens (tertiary/aromatic N) is 3. The maximum atomic E-state index is 8.59. The van der Waals surface area contributed by atoms with Gasteiger partial charge in [-0.1, -0.05) is 29.3 Å². The number of benzene rings is 2. The molecule has 0 amide bonds. The minimum atomic E-state index is -0.282. The molecule has 0 aromatic heterocycles. The molecule has 0 saturated carbocycles. The number of nitrogens with one attached hydrogen (secondary N) is 1. The third-order valence-electron chi connectivity index (χ3n) is 2.46. The van der Waals surface area contributed by atoms with Crippen LogP contribution in [0.3, 0.4) is 0 Å². The van der Waals surface area contributed by atoms with E-state index in [1.807, 2.05) is 0 Å². The summed E-state index contributed by atoms with van der Waals surface area (Å²) in [5.74, 6) is 1.00. The zero-order valence-corrected chi connectivity index (χ0v) is 12.6. The van der Waals surface area contributed by atoms with Crippen LogP contribution in [0.15, 0.2) is 47.6 Å². The Balaban J connectivity index is 2.15. The first-order valence-electron chi connectivity index (χ1n) is 5.99. The van der Waals surface area contributed by atoms with Crippen molar-refractivity contribution in [1.82, 2.24) is 0 Å². The van der Waals surface area contributed by atoms with E-state index in [1.54, 1.807) is 54.6 Å². The van der Waals surface area contributed by atoms with Crippen molar-refractivity contribution < 1.29 is 4.74 Å². The predicted molar refractivity (Wildman–Crippen MR) is 85.3 cm³/mol. The standard InChI is InChI=1S/C15H8Cl2N4O/c16-10-2-1-3-13(6-10)22-15-5-4-11(7-14(15)17)20-21-12(8-18)9-19/h1-7,20H. The Labute approximate surface area is 137 Å². The molecule has 22 heavy (non-hydrogen) atoms. The lowest BCUT2D eigenvalue weighted by molar-refractivity contribution is 0.483. The van der Waals surface area contributed by atoms with E-state index in [2.05, 4.69) is 10.5 Å². The number of hydrogen-bond acceptors (Lipinski definition) is 5. The van der Waals surface area contributed by atoms with Crippen LogP contribution >= 0.6 is 23.2 Å². The number of halogens is 2. The lowest BCUT2D eigenvalue weighted by Crippen LogP contribution is -1.96. The van der Waals surface area contributed by atoms with Gasteiger partial charge in [-0.05, 0) is 36.4 Å². The number of ether oxygens (including phenoxy) is 1. The first kappa shape index (κ1) is 15.7. The van der Waals surface area contributed by atoms with Gasteiger partial charge in [0.25, 0.3) is 0 Å². The zero-order chi connectivity index (χ0) is 15.9. The van der Waals surface area contributed by atoms with Crippen molar-refractivity contribution in [1.29, 1.82) is 10.5 Å². The predicted octanol–water partition coefficient (Wildman–Crippen LogP) is 4.60. The number of hydrogen-bond donors (Lipinski definition) is 1. The fourth-order valence-electron chi connectivity index (χ4n) is 1.51. The van der Waals surface area contributed by atoms with Gasteiger partial charge in [0.15, 0.2) is 0 Å². The Morgan fingerprint density at radius 1 is 1.09 bits per heavy atom. The van der Waals surface area contributed by atoms with E-state index in [-0.39, 0.29) is 5.71 Å². The van der Waals surface area contributed by atoms with E-state index in [0.717, 1.165) is 0 Å². The normalized spacial score (nSPS) is 9.27. The average molecular weight is 331 g/mol. The number of anilines is 1. The second-order valence-electron chi connectivity index (χ2n) is 4.00. The highest BCUT2D eigenvalue weighted by Gasteiger charge is 2.05. The monoisotopic (exact) mass is 330 g/mol. The molecule has 1 N–H and O–H groups in total. The summed E-state index contributed by atoms with van der Waals surface area (Å²) in [6.07, 6.45) is 0. The minimum absolute atomic E-state index is 0.282. The molecule has 0 radical (unpaired) electrons. The van der Waals surface area contributed by atoms with Crippen molar-refractivity contribution in [2.24, 2.45) is 5.10 Å². The molecule has 0 spiro atoms. The van der Waals surface area contributed by atoms with Crippen molar-refractivity contribution in [2.45, 2.75) is 0 Å². The molecule has 0 unspecified atom stereocenters. The third kappa shape index (κ3) is 4.13. The van der Waals surface area contributed by atoms with Gasteiger partial charge in [0.2, 0.25) is 5.71 Å². The van der Waals surface area contributed by atoms with Crippen molar-refractivity contribution in [3.63, 3.8) is 0 Å². The first-order valence-corrected chi connectivity index (χ1v) is 6.75. The van der Waals surface area contributed by atoms with Crippen molar-refractivity contribution in [2.75, 3.05) is 5.43 Å². The van der Waals surface area contributed by atoms with Crippen LogP contribution in [0.4, 0.5) is 5.69 Å². The van der Waals surface area contributed by atoms with Crippen molar-refractivity contribution in [3.05, 3.63) is 52.5 Å². The Morgan fingerprint density at radius 3 is 2.50 bits per heavy atom. The van der Waals surface area contributed by atoms with Gasteiger partial charge in [-0.3, -0.25) is 5.43 Å². The molecule has 5 nitrogen and oxygen atoms in total. The van der Waals surface area contributed by atoms with Crippen LogP contribution in [0, 0.1) is 22.7 Å². The number of hydrazone groups is 1. The molecule has 2 aromatic carbocycles. The van der Waals surface area contributed by atoms with Gasteiger partial charge in [-0.25, -0.2) is 0 Å². The minimum Gasteiger partial charge on any atom is -0.456 e. The molecular weight excluding hydrogens is 323 g/mol. The van der Waals surface area contributed by atoms with Crippen LogP contribution < -0.4 is 10.2 Å². The van der Waals surface area contributed by atoms with Gasteiger partial charge in [-0.2, -0.15) is 15.6 Å². The molecule has 0 atom stereocenters. The first-order chi connectivity index (χ1) is 10.6. The molecule has 0 fully saturated rings. The molecule has 0 saturated heterocycles. The van der Waals surface area contributed by atoms with Crippen LogP contribution in [0.5, 0.6) is 11.5 Å². The summed E-state index contributed by atoms with van der Waals surface area (Å²) >= 11 is 12.0. The van der Waals surface area contributed by atoms with Crippen LogP contribution in [0.25, 0.3) is 0 Å². The van der Waals surface area contributed by atoms with Crippen LogP contribution in [-0.4, -0.2) is 5.71 Å². The van der Waals surface area contributed by atoms with Crippen LogP contribution in [-0.2, 0) is 0 Å². The summed E-state index contributed by atoms with van der Waals surface area (Å²) in [7, 11) is 0. The lowest BCUT2D eigenvalue weighted by Gasteiger charge is -2.09. The summed E-state index contributed by atoms with van der Waals surface area (Å²) in [5.41, 5.74) is 2.81. The van der Waals surface area contributed by atoms with E-state index < -0.39 is 0 Å². The summed E-state index contributed by atoms with van der Waals surface area (Å²) in [4.78, 5) is 0. The Morgan fingerprint density at radius 2 is 1.86 bits per heavy atom. The quantitative estimate of drug-likeness (QED) is 0.656.